The topological polar surface area (TPSA) is 52.0 Å². The highest BCUT2D eigenvalue weighted by molar-refractivity contribution is 3.94. The molecule has 0 spiro atoms. The van der Waals surface area contributed by atoms with Crippen LogP contribution in [0.25, 0.3) is 0 Å². The molecule has 4 N–H and O–H groups in total. The maximum absolute atomic E-state index is 9.50. The van der Waals surface area contributed by atoms with E-state index < -0.39 is 0 Å². The zero-order chi connectivity index (χ0) is 4.71. The van der Waals surface area contributed by atoms with E-state index in [-0.39, 0.29) is 6.67 Å². The average molecular weight is 80.1 g/mol. The Morgan fingerprint density at radius 2 is 1.40 bits per heavy atom. The van der Waals surface area contributed by atoms with Crippen molar-refractivity contribution in [2.45, 2.75) is 0 Å². The molecule has 5 heavy (non-hydrogen) atoms. The molecule has 0 aliphatic rings. The first kappa shape index (κ1) is 8.85. The molecular weight excluding hydrogens is 71.0 g/mol. The molecule has 2 nitrogen and oxygen atoms in total. The van der Waals surface area contributed by atoms with Crippen molar-refractivity contribution in [2.24, 2.45) is 11.5 Å². The molecule has 0 aliphatic heterocycles. The summed E-state index contributed by atoms with van der Waals surface area (Å²) < 4.78 is 9.50. The molecule has 0 fully saturated rings. The summed E-state index contributed by atoms with van der Waals surface area (Å²) in [5, 5.41) is 0. The standard InChI is InChI=1S/CH3F.CH6N2/c1-2;2-1-3/h1H3;1-3H2. The van der Waals surface area contributed by atoms with Crippen LogP contribution in [0.2, 0.25) is 0 Å². The van der Waals surface area contributed by atoms with Crippen LogP contribution in [0.15, 0.2) is 0 Å². The molecule has 0 aromatic rings. The zero-order valence-electron chi connectivity index (χ0n) is 3.24. The van der Waals surface area contributed by atoms with Gasteiger partial charge < -0.3 is 11.5 Å². The SMILES string of the molecule is CF.NCN. The third kappa shape index (κ3) is 586. The van der Waals surface area contributed by atoms with Crippen LogP contribution in [0.1, 0.15) is 0 Å². The van der Waals surface area contributed by atoms with Crippen molar-refractivity contribution < 1.29 is 4.39 Å². The van der Waals surface area contributed by atoms with Crippen molar-refractivity contribution in [3.8, 4) is 0 Å². The summed E-state index contributed by atoms with van der Waals surface area (Å²) in [6.07, 6.45) is 0. The van der Waals surface area contributed by atoms with Crippen LogP contribution in [0.4, 0.5) is 4.39 Å². The summed E-state index contributed by atoms with van der Waals surface area (Å²) in [6.45, 7) is 0.250. The first-order valence-corrected chi connectivity index (χ1v) is 1.19. The summed E-state index contributed by atoms with van der Waals surface area (Å²) in [7, 11) is 0.500. The fourth-order valence-corrected chi connectivity index (χ4v) is 0. The van der Waals surface area contributed by atoms with E-state index in [0.717, 1.165) is 0 Å². The second-order valence-electron chi connectivity index (χ2n) is 0.236. The molecule has 0 amide bonds. The minimum Gasteiger partial charge on any atom is -0.319 e. The van der Waals surface area contributed by atoms with Crippen LogP contribution in [0.5, 0.6) is 0 Å². The number of halogens is 1. The van der Waals surface area contributed by atoms with Gasteiger partial charge in [0.2, 0.25) is 0 Å². The zero-order valence-corrected chi connectivity index (χ0v) is 3.24. The van der Waals surface area contributed by atoms with Crippen molar-refractivity contribution in [3.63, 3.8) is 0 Å². The molecule has 0 radical (unpaired) electrons. The molecule has 3 heteroatoms. The Balaban J connectivity index is 0. The number of rotatable bonds is 0. The molecule has 0 aromatic carbocycles. The Morgan fingerprint density at radius 3 is 1.40 bits per heavy atom. The number of nitrogens with two attached hydrogens (primary N) is 2. The van der Waals surface area contributed by atoms with E-state index in [1.54, 1.807) is 0 Å². The van der Waals surface area contributed by atoms with Crippen molar-refractivity contribution in [1.82, 2.24) is 0 Å². The smallest absolute Gasteiger partial charge is 0.0785 e. The fourth-order valence-electron chi connectivity index (χ4n) is 0. The lowest BCUT2D eigenvalue weighted by atomic mass is 11.3. The molecule has 0 rings (SSSR count). The van der Waals surface area contributed by atoms with E-state index in [9.17, 15) is 4.39 Å². The third-order valence-electron chi connectivity index (χ3n) is 0. The van der Waals surface area contributed by atoms with Gasteiger partial charge in [0.1, 0.15) is 0 Å². The summed E-state index contributed by atoms with van der Waals surface area (Å²) >= 11 is 0. The predicted molar refractivity (Wildman–Crippen MR) is 20.3 cm³/mol. The molecule has 0 heterocycles. The lowest BCUT2D eigenvalue weighted by Crippen LogP contribution is -2.08. The summed E-state index contributed by atoms with van der Waals surface area (Å²) in [5.74, 6) is 0. The van der Waals surface area contributed by atoms with Gasteiger partial charge in [0, 0.05) is 6.67 Å². The van der Waals surface area contributed by atoms with Gasteiger partial charge in [0.05, 0.1) is 7.18 Å². The lowest BCUT2D eigenvalue weighted by Gasteiger charge is -1.56. The number of hydrogen-bond donors (Lipinski definition) is 2. The molecule has 34 valence electrons. The molecule has 0 unspecified atom stereocenters. The lowest BCUT2D eigenvalue weighted by molar-refractivity contribution is 0.636. The van der Waals surface area contributed by atoms with Crippen molar-refractivity contribution in [2.75, 3.05) is 13.8 Å². The molecule has 0 bridgehead atoms. The Bertz CT molecular complexity index is 7.61. The van der Waals surface area contributed by atoms with E-state index in [4.69, 9.17) is 0 Å². The van der Waals surface area contributed by atoms with Crippen LogP contribution in [0, 0.1) is 0 Å². The van der Waals surface area contributed by atoms with Gasteiger partial charge in [-0.05, 0) is 0 Å². The highest BCUT2D eigenvalue weighted by Gasteiger charge is 1.29. The Hall–Kier alpha value is -0.150. The van der Waals surface area contributed by atoms with Gasteiger partial charge in [-0.15, -0.1) is 0 Å². The van der Waals surface area contributed by atoms with Gasteiger partial charge >= 0.3 is 0 Å². The van der Waals surface area contributed by atoms with Crippen molar-refractivity contribution >= 4 is 0 Å². The van der Waals surface area contributed by atoms with Crippen LogP contribution in [-0.4, -0.2) is 13.8 Å². The van der Waals surface area contributed by atoms with E-state index >= 15 is 0 Å². The maximum atomic E-state index is 9.50. The minimum atomic E-state index is 0.250. The first-order valence-electron chi connectivity index (χ1n) is 1.19. The summed E-state index contributed by atoms with van der Waals surface area (Å²) in [5.41, 5.74) is 9.25. The highest BCUT2D eigenvalue weighted by Crippen LogP contribution is 1.16. The second-order valence-corrected chi connectivity index (χ2v) is 0.236. The van der Waals surface area contributed by atoms with Gasteiger partial charge in [-0.1, -0.05) is 0 Å². The predicted octanol–water partition coefficient (Wildman–Crippen LogP) is -0.553. The second kappa shape index (κ2) is 43.3. The van der Waals surface area contributed by atoms with Gasteiger partial charge in [0.25, 0.3) is 0 Å². The Morgan fingerprint density at radius 1 is 1.40 bits per heavy atom. The van der Waals surface area contributed by atoms with E-state index in [2.05, 4.69) is 11.5 Å². The molecule has 0 aliphatic carbocycles. The minimum absolute atomic E-state index is 0.250. The van der Waals surface area contributed by atoms with Crippen LogP contribution < -0.4 is 11.5 Å². The van der Waals surface area contributed by atoms with Gasteiger partial charge in [-0.3, -0.25) is 4.39 Å². The largest absolute Gasteiger partial charge is 0.319 e. The van der Waals surface area contributed by atoms with Gasteiger partial charge in [0.15, 0.2) is 0 Å². The summed E-state index contributed by atoms with van der Waals surface area (Å²) in [6, 6.07) is 0. The average Bonchev–Trinajstić information content (AvgIpc) is 1.46. The monoisotopic (exact) mass is 80.1 g/mol. The molecule has 0 saturated heterocycles. The molecular formula is C2H9FN2. The van der Waals surface area contributed by atoms with Crippen molar-refractivity contribution in [3.05, 3.63) is 0 Å². The van der Waals surface area contributed by atoms with Crippen LogP contribution in [-0.2, 0) is 0 Å². The van der Waals surface area contributed by atoms with E-state index in [1.165, 1.54) is 0 Å². The number of alkyl halides is 1. The Labute approximate surface area is 31.0 Å². The third-order valence-corrected chi connectivity index (χ3v) is 0. The Kier molecular flexibility index (Phi) is 76.6. The van der Waals surface area contributed by atoms with E-state index in [0.29, 0.717) is 7.18 Å². The summed E-state index contributed by atoms with van der Waals surface area (Å²) in [4.78, 5) is 0. The maximum Gasteiger partial charge on any atom is 0.0785 e. The molecule has 0 aromatic heterocycles. The van der Waals surface area contributed by atoms with Gasteiger partial charge in [-0.2, -0.15) is 0 Å². The van der Waals surface area contributed by atoms with Crippen LogP contribution >= 0.6 is 0 Å². The number of hydrogen-bond acceptors (Lipinski definition) is 2. The van der Waals surface area contributed by atoms with Crippen LogP contribution in [0.3, 0.4) is 0 Å². The molecule has 0 atom stereocenters. The first-order chi connectivity index (χ1) is 2.41. The van der Waals surface area contributed by atoms with Crippen molar-refractivity contribution in [1.29, 1.82) is 0 Å². The van der Waals surface area contributed by atoms with Gasteiger partial charge in [-0.25, -0.2) is 0 Å². The molecule has 0 saturated carbocycles. The normalized spacial score (nSPS) is 4.80. The van der Waals surface area contributed by atoms with E-state index in [1.807, 2.05) is 0 Å². The quantitative estimate of drug-likeness (QED) is 0.383. The highest BCUT2D eigenvalue weighted by atomic mass is 19.1. The fraction of sp³-hybridized carbons (Fsp3) is 1.00.